The standard InChI is InChI=1S/C29H34N2O8/c1-35-19-7-6-17(14-20(19)36-2)9-12-30-13-11-29-10-8-23(29)31(26(29)28(30)34)27(33)24(32)18-15-21(37-3)25(39-5)22(16-18)38-4/h6-7,14-16,23,26H,8-13H2,1-5H3. The van der Waals surface area contributed by atoms with Crippen LogP contribution in [0.25, 0.3) is 0 Å². The summed E-state index contributed by atoms with van der Waals surface area (Å²) in [7, 11) is 7.54. The summed E-state index contributed by atoms with van der Waals surface area (Å²) < 4.78 is 26.7. The first-order chi connectivity index (χ1) is 18.8. The first-order valence-corrected chi connectivity index (χ1v) is 13.0. The van der Waals surface area contributed by atoms with E-state index < -0.39 is 17.7 Å². The lowest BCUT2D eigenvalue weighted by molar-refractivity contribution is -0.226. The molecule has 1 aliphatic carbocycles. The Kier molecular flexibility index (Phi) is 7.05. The predicted molar refractivity (Wildman–Crippen MR) is 141 cm³/mol. The normalized spacial score (nSPS) is 23.1. The maximum Gasteiger partial charge on any atom is 0.295 e. The van der Waals surface area contributed by atoms with Crippen LogP contribution in [0.3, 0.4) is 0 Å². The van der Waals surface area contributed by atoms with Crippen molar-refractivity contribution in [2.24, 2.45) is 5.41 Å². The lowest BCUT2D eigenvalue weighted by Crippen LogP contribution is -2.84. The molecule has 3 atom stereocenters. The Hall–Kier alpha value is -3.95. The monoisotopic (exact) mass is 538 g/mol. The van der Waals surface area contributed by atoms with Gasteiger partial charge < -0.3 is 33.5 Å². The van der Waals surface area contributed by atoms with E-state index in [2.05, 4.69) is 0 Å². The van der Waals surface area contributed by atoms with Crippen molar-refractivity contribution >= 4 is 17.6 Å². The molecule has 2 saturated heterocycles. The number of Topliss-reactive ketones (excluding diaryl/α,β-unsaturated/α-hetero) is 1. The molecule has 3 unspecified atom stereocenters. The number of ketones is 1. The molecule has 5 rings (SSSR count). The number of hydrogen-bond donors (Lipinski definition) is 0. The molecule has 1 spiro atoms. The zero-order chi connectivity index (χ0) is 27.9. The zero-order valence-corrected chi connectivity index (χ0v) is 22.9. The Balaban J connectivity index is 1.33. The third-order valence-corrected chi connectivity index (χ3v) is 8.57. The summed E-state index contributed by atoms with van der Waals surface area (Å²) in [4.78, 5) is 44.0. The van der Waals surface area contributed by atoms with Crippen LogP contribution >= 0.6 is 0 Å². The molecule has 0 radical (unpaired) electrons. The fourth-order valence-corrected chi connectivity index (χ4v) is 6.41. The summed E-state index contributed by atoms with van der Waals surface area (Å²) in [5.41, 5.74) is 0.920. The molecule has 10 nitrogen and oxygen atoms in total. The van der Waals surface area contributed by atoms with E-state index in [-0.39, 0.29) is 34.4 Å². The van der Waals surface area contributed by atoms with Crippen molar-refractivity contribution in [1.82, 2.24) is 9.80 Å². The lowest BCUT2D eigenvalue weighted by atomic mass is 9.49. The second-order valence-corrected chi connectivity index (χ2v) is 10.2. The van der Waals surface area contributed by atoms with Gasteiger partial charge in [0.05, 0.1) is 35.5 Å². The molecule has 2 aromatic carbocycles. The third-order valence-electron chi connectivity index (χ3n) is 8.57. The second-order valence-electron chi connectivity index (χ2n) is 10.2. The van der Waals surface area contributed by atoms with Crippen molar-refractivity contribution < 1.29 is 38.1 Å². The van der Waals surface area contributed by atoms with Gasteiger partial charge in [0.2, 0.25) is 11.7 Å². The van der Waals surface area contributed by atoms with Crippen molar-refractivity contribution in [3.8, 4) is 28.7 Å². The molecule has 1 saturated carbocycles. The van der Waals surface area contributed by atoms with Gasteiger partial charge in [-0.25, -0.2) is 0 Å². The van der Waals surface area contributed by atoms with Gasteiger partial charge in [0, 0.05) is 30.1 Å². The van der Waals surface area contributed by atoms with Crippen molar-refractivity contribution in [3.05, 3.63) is 41.5 Å². The minimum Gasteiger partial charge on any atom is -0.493 e. The van der Waals surface area contributed by atoms with Gasteiger partial charge in [-0.2, -0.15) is 0 Å². The van der Waals surface area contributed by atoms with Crippen LogP contribution in [0.15, 0.2) is 30.3 Å². The Bertz CT molecular complexity index is 1290. The summed E-state index contributed by atoms with van der Waals surface area (Å²) in [5, 5.41) is 0. The fraction of sp³-hybridized carbons (Fsp3) is 0.483. The molecule has 2 amide bonds. The first kappa shape index (κ1) is 26.6. The maximum absolute atomic E-state index is 13.7. The molecule has 10 heteroatoms. The van der Waals surface area contributed by atoms with Crippen LogP contribution in [-0.2, 0) is 16.0 Å². The Labute approximate surface area is 227 Å². The Morgan fingerprint density at radius 3 is 2.10 bits per heavy atom. The van der Waals surface area contributed by atoms with Gasteiger partial charge in [-0.15, -0.1) is 0 Å². The second kappa shape index (κ2) is 10.3. The highest BCUT2D eigenvalue weighted by Crippen LogP contribution is 2.62. The number of likely N-dealkylation sites (tertiary alicyclic amines) is 2. The van der Waals surface area contributed by atoms with Crippen molar-refractivity contribution in [3.63, 3.8) is 0 Å². The van der Waals surface area contributed by atoms with Gasteiger partial charge in [-0.05, 0) is 55.5 Å². The van der Waals surface area contributed by atoms with Gasteiger partial charge >= 0.3 is 0 Å². The Morgan fingerprint density at radius 2 is 1.54 bits per heavy atom. The highest BCUT2D eigenvalue weighted by atomic mass is 16.5. The smallest absolute Gasteiger partial charge is 0.295 e. The van der Waals surface area contributed by atoms with Crippen molar-refractivity contribution in [1.29, 1.82) is 0 Å². The Morgan fingerprint density at radius 1 is 0.872 bits per heavy atom. The minimum atomic E-state index is -0.704. The van der Waals surface area contributed by atoms with E-state index in [1.54, 1.807) is 14.2 Å². The number of rotatable bonds is 10. The summed E-state index contributed by atoms with van der Waals surface area (Å²) in [6, 6.07) is 7.94. The van der Waals surface area contributed by atoms with Crippen LogP contribution in [0.2, 0.25) is 0 Å². The van der Waals surface area contributed by atoms with Crippen LogP contribution in [0.1, 0.15) is 35.2 Å². The summed E-state index contributed by atoms with van der Waals surface area (Å²) in [6.45, 7) is 1.15. The number of methoxy groups -OCH3 is 5. The van der Waals surface area contributed by atoms with Crippen LogP contribution in [0, 0.1) is 5.41 Å². The molecule has 2 heterocycles. The minimum absolute atomic E-state index is 0.0852. The van der Waals surface area contributed by atoms with Gasteiger partial charge in [0.1, 0.15) is 6.04 Å². The molecule has 0 aromatic heterocycles. The number of amides is 2. The molecule has 208 valence electrons. The topological polar surface area (TPSA) is 104 Å². The number of hydrogen-bond acceptors (Lipinski definition) is 8. The third kappa shape index (κ3) is 4.13. The van der Waals surface area contributed by atoms with Crippen molar-refractivity contribution in [2.75, 3.05) is 48.6 Å². The van der Waals surface area contributed by atoms with Crippen LogP contribution in [0.5, 0.6) is 28.7 Å². The van der Waals surface area contributed by atoms with Crippen LogP contribution < -0.4 is 23.7 Å². The largest absolute Gasteiger partial charge is 0.493 e. The highest BCUT2D eigenvalue weighted by molar-refractivity contribution is 6.43. The number of carbonyl (C=O) groups excluding carboxylic acids is 3. The molecular formula is C29H34N2O8. The van der Waals surface area contributed by atoms with Crippen LogP contribution in [-0.4, -0.2) is 88.1 Å². The zero-order valence-electron chi connectivity index (χ0n) is 22.9. The predicted octanol–water partition coefficient (Wildman–Crippen LogP) is 2.75. The molecular weight excluding hydrogens is 504 g/mol. The summed E-state index contributed by atoms with van der Waals surface area (Å²) in [6.07, 6.45) is 3.14. The van der Waals surface area contributed by atoms with E-state index in [4.69, 9.17) is 23.7 Å². The van der Waals surface area contributed by atoms with Gasteiger partial charge in [0.25, 0.3) is 11.7 Å². The molecule has 2 aliphatic heterocycles. The van der Waals surface area contributed by atoms with E-state index in [0.29, 0.717) is 36.8 Å². The molecule has 3 fully saturated rings. The van der Waals surface area contributed by atoms with E-state index >= 15 is 0 Å². The van der Waals surface area contributed by atoms with Gasteiger partial charge in [0.15, 0.2) is 23.0 Å². The lowest BCUT2D eigenvalue weighted by Gasteiger charge is -2.71. The summed E-state index contributed by atoms with van der Waals surface area (Å²) >= 11 is 0. The van der Waals surface area contributed by atoms with Gasteiger partial charge in [-0.3, -0.25) is 14.4 Å². The van der Waals surface area contributed by atoms with Crippen LogP contribution in [0.4, 0.5) is 0 Å². The number of nitrogens with zero attached hydrogens (tertiary/aromatic N) is 2. The molecule has 39 heavy (non-hydrogen) atoms. The average molecular weight is 539 g/mol. The molecule has 2 aromatic rings. The summed E-state index contributed by atoms with van der Waals surface area (Å²) in [5.74, 6) is 0.706. The number of piperidine rings is 2. The number of ether oxygens (including phenoxy) is 5. The molecule has 0 N–H and O–H groups in total. The first-order valence-electron chi connectivity index (χ1n) is 13.0. The molecule has 0 bridgehead atoms. The van der Waals surface area contributed by atoms with Gasteiger partial charge in [-0.1, -0.05) is 6.07 Å². The quantitative estimate of drug-likeness (QED) is 0.336. The van der Waals surface area contributed by atoms with E-state index in [0.717, 1.165) is 24.8 Å². The number of benzene rings is 2. The SMILES string of the molecule is COc1ccc(CCN2CCC34CCC3N(C(=O)C(=O)c3cc(OC)c(OC)c(OC)c3)C4C2=O)cc1OC. The van der Waals surface area contributed by atoms with Crippen molar-refractivity contribution in [2.45, 2.75) is 37.8 Å². The van der Waals surface area contributed by atoms with E-state index in [1.807, 2.05) is 23.1 Å². The average Bonchev–Trinajstić information content (AvgIpc) is 2.96. The van der Waals surface area contributed by atoms with E-state index in [1.165, 1.54) is 38.4 Å². The fourth-order valence-electron chi connectivity index (χ4n) is 6.41. The van der Waals surface area contributed by atoms with E-state index in [9.17, 15) is 14.4 Å². The molecule has 3 aliphatic rings. The number of carbonyl (C=O) groups is 3. The highest BCUT2D eigenvalue weighted by Gasteiger charge is 2.71. The maximum atomic E-state index is 13.7.